The zero-order chi connectivity index (χ0) is 13.8. The zero-order valence-corrected chi connectivity index (χ0v) is 11.2. The van der Waals surface area contributed by atoms with Gasteiger partial charge in [0.15, 0.2) is 0 Å². The van der Waals surface area contributed by atoms with Crippen molar-refractivity contribution in [3.05, 3.63) is 53.1 Å². The molecule has 2 aromatic carbocycles. The number of hydrogen-bond acceptors (Lipinski definition) is 3. The maximum atomic E-state index is 8.84. The molecule has 2 rings (SSSR count). The number of nitrogens with zero attached hydrogens (tertiary/aromatic N) is 1. The molecule has 96 valence electrons. The monoisotopic (exact) mass is 251 g/mol. The predicted octanol–water partition coefficient (Wildman–Crippen LogP) is 3.75. The van der Waals surface area contributed by atoms with Crippen LogP contribution in [0.4, 0.5) is 17.1 Å². The molecule has 0 aromatic heterocycles. The highest BCUT2D eigenvalue weighted by molar-refractivity contribution is 5.76. The van der Waals surface area contributed by atoms with Gasteiger partial charge in [0.1, 0.15) is 0 Å². The van der Waals surface area contributed by atoms with Gasteiger partial charge < -0.3 is 11.1 Å². The third-order valence-corrected chi connectivity index (χ3v) is 3.18. The van der Waals surface area contributed by atoms with Gasteiger partial charge in [-0.2, -0.15) is 5.26 Å². The summed E-state index contributed by atoms with van der Waals surface area (Å²) in [7, 11) is 0. The van der Waals surface area contributed by atoms with Crippen LogP contribution in [0, 0.1) is 18.3 Å². The van der Waals surface area contributed by atoms with Gasteiger partial charge in [-0.3, -0.25) is 0 Å². The lowest BCUT2D eigenvalue weighted by Gasteiger charge is -2.15. The minimum atomic E-state index is 0.573. The highest BCUT2D eigenvalue weighted by atomic mass is 14.9. The van der Waals surface area contributed by atoms with Crippen LogP contribution in [0.25, 0.3) is 0 Å². The van der Waals surface area contributed by atoms with Crippen LogP contribution in [0.15, 0.2) is 36.4 Å². The molecule has 0 aliphatic carbocycles. The van der Waals surface area contributed by atoms with Gasteiger partial charge in [0, 0.05) is 5.69 Å². The van der Waals surface area contributed by atoms with Crippen molar-refractivity contribution >= 4 is 17.1 Å². The summed E-state index contributed by atoms with van der Waals surface area (Å²) in [5, 5.41) is 12.2. The van der Waals surface area contributed by atoms with Crippen LogP contribution in [0.3, 0.4) is 0 Å². The number of hydrogen-bond donors (Lipinski definition) is 2. The molecule has 3 nitrogen and oxygen atoms in total. The quantitative estimate of drug-likeness (QED) is 0.816. The lowest BCUT2D eigenvalue weighted by atomic mass is 10.1. The minimum Gasteiger partial charge on any atom is -0.397 e. The summed E-state index contributed by atoms with van der Waals surface area (Å²) >= 11 is 0. The number of nitriles is 1. The first kappa shape index (κ1) is 13.0. The van der Waals surface area contributed by atoms with Crippen LogP contribution in [-0.4, -0.2) is 0 Å². The van der Waals surface area contributed by atoms with Crippen LogP contribution in [-0.2, 0) is 6.42 Å². The fraction of sp³-hybridized carbons (Fsp3) is 0.188. The van der Waals surface area contributed by atoms with Gasteiger partial charge in [-0.15, -0.1) is 0 Å². The summed E-state index contributed by atoms with van der Waals surface area (Å²) in [5.41, 5.74) is 11.5. The standard InChI is InChI=1S/C16H17N3/c1-3-13-6-4-5-11(2)16(13)19-15-8-7-12(10-17)9-14(15)18/h4-9,19H,3,18H2,1-2H3. The summed E-state index contributed by atoms with van der Waals surface area (Å²) in [4.78, 5) is 0. The molecule has 0 heterocycles. The largest absolute Gasteiger partial charge is 0.397 e. The summed E-state index contributed by atoms with van der Waals surface area (Å²) in [6, 6.07) is 13.6. The lowest BCUT2D eigenvalue weighted by molar-refractivity contribution is 1.13. The maximum Gasteiger partial charge on any atom is 0.0992 e. The third kappa shape index (κ3) is 2.69. The Morgan fingerprint density at radius 2 is 2.05 bits per heavy atom. The van der Waals surface area contributed by atoms with Gasteiger partial charge in [-0.1, -0.05) is 25.1 Å². The number of anilines is 3. The van der Waals surface area contributed by atoms with Crippen molar-refractivity contribution in [3.63, 3.8) is 0 Å². The lowest BCUT2D eigenvalue weighted by Crippen LogP contribution is -2.01. The van der Waals surface area contributed by atoms with Gasteiger partial charge in [-0.25, -0.2) is 0 Å². The number of para-hydroxylation sites is 1. The normalized spacial score (nSPS) is 9.95. The van der Waals surface area contributed by atoms with Crippen LogP contribution >= 0.6 is 0 Å². The highest BCUT2D eigenvalue weighted by Crippen LogP contribution is 2.29. The fourth-order valence-electron chi connectivity index (χ4n) is 2.08. The van der Waals surface area contributed by atoms with E-state index in [9.17, 15) is 0 Å². The van der Waals surface area contributed by atoms with Gasteiger partial charge in [0.25, 0.3) is 0 Å². The first-order chi connectivity index (χ1) is 9.15. The summed E-state index contributed by atoms with van der Waals surface area (Å²) in [6.45, 7) is 4.20. The third-order valence-electron chi connectivity index (χ3n) is 3.18. The van der Waals surface area contributed by atoms with Crippen molar-refractivity contribution in [2.24, 2.45) is 0 Å². The maximum absolute atomic E-state index is 8.84. The first-order valence-electron chi connectivity index (χ1n) is 6.30. The second-order valence-electron chi connectivity index (χ2n) is 4.50. The molecule has 3 N–H and O–H groups in total. The van der Waals surface area contributed by atoms with Gasteiger partial charge in [0.05, 0.1) is 23.0 Å². The van der Waals surface area contributed by atoms with E-state index in [0.29, 0.717) is 11.3 Å². The SMILES string of the molecule is CCc1cccc(C)c1Nc1ccc(C#N)cc1N. The van der Waals surface area contributed by atoms with Crippen molar-refractivity contribution < 1.29 is 0 Å². The summed E-state index contributed by atoms with van der Waals surface area (Å²) in [6.07, 6.45) is 0.959. The molecule has 0 saturated carbocycles. The molecule has 0 bridgehead atoms. The van der Waals surface area contributed by atoms with E-state index in [2.05, 4.69) is 43.4 Å². The molecule has 0 fully saturated rings. The van der Waals surface area contributed by atoms with E-state index in [0.717, 1.165) is 17.8 Å². The van der Waals surface area contributed by atoms with E-state index in [4.69, 9.17) is 11.0 Å². The Kier molecular flexibility index (Phi) is 3.72. The number of nitrogen functional groups attached to an aromatic ring is 1. The molecular weight excluding hydrogens is 234 g/mol. The van der Waals surface area contributed by atoms with E-state index in [-0.39, 0.29) is 0 Å². The molecule has 0 aliphatic rings. The molecule has 2 aromatic rings. The molecule has 19 heavy (non-hydrogen) atoms. The molecule has 3 heteroatoms. The van der Waals surface area contributed by atoms with Crippen molar-refractivity contribution in [2.75, 3.05) is 11.1 Å². The van der Waals surface area contributed by atoms with E-state index >= 15 is 0 Å². The number of nitrogens with one attached hydrogen (secondary N) is 1. The Labute approximate surface area is 113 Å². The Morgan fingerprint density at radius 1 is 1.26 bits per heavy atom. The van der Waals surface area contributed by atoms with Crippen molar-refractivity contribution in [1.82, 2.24) is 0 Å². The van der Waals surface area contributed by atoms with Crippen LogP contribution in [0.1, 0.15) is 23.6 Å². The fourth-order valence-corrected chi connectivity index (χ4v) is 2.08. The van der Waals surface area contributed by atoms with Gasteiger partial charge in [0.2, 0.25) is 0 Å². The molecule has 0 spiro atoms. The molecule has 0 amide bonds. The smallest absolute Gasteiger partial charge is 0.0992 e. The highest BCUT2D eigenvalue weighted by Gasteiger charge is 2.07. The van der Waals surface area contributed by atoms with Gasteiger partial charge >= 0.3 is 0 Å². The number of nitrogens with two attached hydrogens (primary N) is 1. The zero-order valence-electron chi connectivity index (χ0n) is 11.2. The minimum absolute atomic E-state index is 0.573. The van der Waals surface area contributed by atoms with Crippen molar-refractivity contribution in [1.29, 1.82) is 5.26 Å². The topological polar surface area (TPSA) is 61.8 Å². The Balaban J connectivity index is 2.39. The first-order valence-corrected chi connectivity index (χ1v) is 6.30. The Morgan fingerprint density at radius 3 is 2.68 bits per heavy atom. The molecular formula is C16H17N3. The van der Waals surface area contributed by atoms with Crippen LogP contribution < -0.4 is 11.1 Å². The average Bonchev–Trinajstić information content (AvgIpc) is 2.42. The van der Waals surface area contributed by atoms with Crippen molar-refractivity contribution in [3.8, 4) is 6.07 Å². The second kappa shape index (κ2) is 5.45. The summed E-state index contributed by atoms with van der Waals surface area (Å²) < 4.78 is 0. The van der Waals surface area contributed by atoms with E-state index in [1.807, 2.05) is 6.07 Å². The Bertz CT molecular complexity index is 639. The van der Waals surface area contributed by atoms with Crippen LogP contribution in [0.2, 0.25) is 0 Å². The van der Waals surface area contributed by atoms with E-state index in [1.54, 1.807) is 12.1 Å². The molecule has 0 radical (unpaired) electrons. The molecule has 0 saturated heterocycles. The number of rotatable bonds is 3. The van der Waals surface area contributed by atoms with Crippen LogP contribution in [0.5, 0.6) is 0 Å². The average molecular weight is 251 g/mol. The number of aryl methyl sites for hydroxylation is 2. The van der Waals surface area contributed by atoms with E-state index < -0.39 is 0 Å². The van der Waals surface area contributed by atoms with Gasteiger partial charge in [-0.05, 0) is 42.7 Å². The molecule has 0 aliphatic heterocycles. The van der Waals surface area contributed by atoms with Crippen molar-refractivity contribution in [2.45, 2.75) is 20.3 Å². The molecule has 0 unspecified atom stereocenters. The Hall–Kier alpha value is -2.47. The number of benzene rings is 2. The van der Waals surface area contributed by atoms with E-state index in [1.165, 1.54) is 11.1 Å². The second-order valence-corrected chi connectivity index (χ2v) is 4.50. The predicted molar refractivity (Wildman–Crippen MR) is 79.4 cm³/mol. The molecule has 0 atom stereocenters. The summed E-state index contributed by atoms with van der Waals surface area (Å²) in [5.74, 6) is 0.